The Morgan fingerprint density at radius 1 is 0.933 bits per heavy atom. The number of benzene rings is 3. The van der Waals surface area contributed by atoms with E-state index in [0.29, 0.717) is 10.6 Å². The van der Waals surface area contributed by atoms with Gasteiger partial charge in [0, 0.05) is 5.56 Å². The lowest BCUT2D eigenvalue weighted by Crippen LogP contribution is -2.15. The van der Waals surface area contributed by atoms with E-state index in [0.717, 1.165) is 51.2 Å². The van der Waals surface area contributed by atoms with Crippen LogP contribution >= 0.6 is 11.3 Å². The Bertz CT molecular complexity index is 1320. The summed E-state index contributed by atoms with van der Waals surface area (Å²) in [6, 6.07) is 19.3. The van der Waals surface area contributed by atoms with Gasteiger partial charge in [0.15, 0.2) is 0 Å². The van der Waals surface area contributed by atoms with E-state index in [-0.39, 0.29) is 0 Å². The van der Waals surface area contributed by atoms with E-state index in [9.17, 15) is 8.42 Å². The molecule has 0 spiro atoms. The average molecular weight is 435 g/mol. The van der Waals surface area contributed by atoms with E-state index < -0.39 is 10.0 Å². The van der Waals surface area contributed by atoms with Crippen LogP contribution in [0.5, 0.6) is 0 Å². The molecule has 152 valence electrons. The van der Waals surface area contributed by atoms with Crippen molar-refractivity contribution in [2.75, 3.05) is 4.72 Å². The number of rotatable bonds is 4. The van der Waals surface area contributed by atoms with Crippen LogP contribution in [-0.2, 0) is 22.9 Å². The van der Waals surface area contributed by atoms with Crippen LogP contribution in [0.15, 0.2) is 65.6 Å². The highest BCUT2D eigenvalue weighted by Crippen LogP contribution is 2.32. The van der Waals surface area contributed by atoms with Gasteiger partial charge in [0.1, 0.15) is 5.01 Å². The molecule has 0 saturated heterocycles. The quantitative estimate of drug-likeness (QED) is 0.432. The first kappa shape index (κ1) is 19.3. The molecule has 0 aliphatic heterocycles. The van der Waals surface area contributed by atoms with Gasteiger partial charge in [-0.1, -0.05) is 18.2 Å². The van der Waals surface area contributed by atoms with Gasteiger partial charge < -0.3 is 0 Å². The topological polar surface area (TPSA) is 59.1 Å². The van der Waals surface area contributed by atoms with Crippen LogP contribution < -0.4 is 4.72 Å². The van der Waals surface area contributed by atoms with E-state index in [1.165, 1.54) is 12.0 Å². The average Bonchev–Trinajstić information content (AvgIpc) is 3.19. The summed E-state index contributed by atoms with van der Waals surface area (Å²) in [5, 5.41) is 0.934. The summed E-state index contributed by atoms with van der Waals surface area (Å²) >= 11 is 1.64. The van der Waals surface area contributed by atoms with E-state index in [4.69, 9.17) is 4.98 Å². The lowest BCUT2D eigenvalue weighted by atomic mass is 9.92. The maximum atomic E-state index is 13.0. The third kappa shape index (κ3) is 3.61. The number of nitrogens with one attached hydrogen (secondary N) is 1. The van der Waals surface area contributed by atoms with Gasteiger partial charge in [0.2, 0.25) is 0 Å². The molecule has 1 heterocycles. The van der Waals surface area contributed by atoms with Gasteiger partial charge in [0.25, 0.3) is 10.0 Å². The lowest BCUT2D eigenvalue weighted by molar-refractivity contribution is 0.600. The van der Waals surface area contributed by atoms with Crippen LogP contribution in [0, 0.1) is 6.92 Å². The zero-order valence-corrected chi connectivity index (χ0v) is 18.3. The van der Waals surface area contributed by atoms with Crippen LogP contribution in [0.1, 0.15) is 29.5 Å². The Kier molecular flexibility index (Phi) is 4.83. The first-order chi connectivity index (χ1) is 14.5. The lowest BCUT2D eigenvalue weighted by Gasteiger charge is -2.17. The maximum absolute atomic E-state index is 13.0. The summed E-state index contributed by atoms with van der Waals surface area (Å²) in [6.45, 7) is 1.92. The molecular weight excluding hydrogens is 412 g/mol. The highest BCUT2D eigenvalue weighted by atomic mass is 32.2. The van der Waals surface area contributed by atoms with Crippen molar-refractivity contribution in [3.05, 3.63) is 77.4 Å². The van der Waals surface area contributed by atoms with Crippen LogP contribution in [0.25, 0.3) is 20.8 Å². The summed E-state index contributed by atoms with van der Waals surface area (Å²) in [4.78, 5) is 5.03. The Labute approximate surface area is 180 Å². The molecule has 5 rings (SSSR count). The Morgan fingerprint density at radius 2 is 1.73 bits per heavy atom. The number of aryl methyl sites for hydroxylation is 3. The fourth-order valence-corrected chi connectivity index (χ4v) is 6.13. The molecule has 6 heteroatoms. The van der Waals surface area contributed by atoms with Crippen molar-refractivity contribution >= 4 is 37.3 Å². The fourth-order valence-electron chi connectivity index (χ4n) is 3.99. The largest absolute Gasteiger partial charge is 0.279 e. The van der Waals surface area contributed by atoms with Crippen molar-refractivity contribution in [2.24, 2.45) is 0 Å². The van der Waals surface area contributed by atoms with Crippen molar-refractivity contribution in [1.82, 2.24) is 4.98 Å². The number of aromatic nitrogens is 1. The monoisotopic (exact) mass is 434 g/mol. The molecule has 0 bridgehead atoms. The minimum absolute atomic E-state index is 0.331. The number of nitrogens with zero attached hydrogens (tertiary/aromatic N) is 1. The summed E-state index contributed by atoms with van der Waals surface area (Å²) in [5.74, 6) is 0. The molecule has 0 saturated carbocycles. The Hall–Kier alpha value is -2.70. The molecule has 4 aromatic rings. The second-order valence-electron chi connectivity index (χ2n) is 7.76. The molecule has 3 aromatic carbocycles. The van der Waals surface area contributed by atoms with Crippen molar-refractivity contribution in [3.63, 3.8) is 0 Å². The van der Waals surface area contributed by atoms with Gasteiger partial charge in [-0.3, -0.25) is 4.72 Å². The summed E-state index contributed by atoms with van der Waals surface area (Å²) in [7, 11) is -3.63. The number of sulfonamides is 1. The van der Waals surface area contributed by atoms with Gasteiger partial charge in [-0.15, -0.1) is 11.3 Å². The normalized spacial score (nSPS) is 13.9. The van der Waals surface area contributed by atoms with Crippen molar-refractivity contribution in [2.45, 2.75) is 37.5 Å². The number of fused-ring (bicyclic) bond motifs is 2. The molecule has 0 fully saturated rings. The zero-order chi connectivity index (χ0) is 20.7. The smallest absolute Gasteiger partial charge is 0.261 e. The molecule has 1 aliphatic rings. The molecule has 4 nitrogen and oxygen atoms in total. The fraction of sp³-hybridized carbons (Fsp3) is 0.208. The molecule has 30 heavy (non-hydrogen) atoms. The molecule has 0 amide bonds. The van der Waals surface area contributed by atoms with Gasteiger partial charge in [-0.2, -0.15) is 0 Å². The first-order valence-electron chi connectivity index (χ1n) is 10.1. The van der Waals surface area contributed by atoms with E-state index >= 15 is 0 Å². The second kappa shape index (κ2) is 7.52. The molecule has 0 radical (unpaired) electrons. The molecular formula is C24H22N2O2S2. The zero-order valence-electron chi connectivity index (χ0n) is 16.7. The van der Waals surface area contributed by atoms with Crippen molar-refractivity contribution < 1.29 is 8.42 Å². The third-order valence-corrected chi connectivity index (χ3v) is 8.09. The number of hydrogen-bond donors (Lipinski definition) is 1. The SMILES string of the molecule is Cc1cc(-c2nc3ccccc3s2)ccc1NS(=O)(=O)c1ccc2c(c1)CCCC2. The Balaban J connectivity index is 1.43. The van der Waals surface area contributed by atoms with E-state index in [2.05, 4.69) is 10.8 Å². The molecule has 0 unspecified atom stereocenters. The first-order valence-corrected chi connectivity index (χ1v) is 12.4. The molecule has 0 atom stereocenters. The number of para-hydroxylation sites is 1. The molecule has 1 aromatic heterocycles. The summed E-state index contributed by atoms with van der Waals surface area (Å²) in [6.07, 6.45) is 4.29. The highest BCUT2D eigenvalue weighted by Gasteiger charge is 2.19. The highest BCUT2D eigenvalue weighted by molar-refractivity contribution is 7.92. The number of anilines is 1. The standard InChI is InChI=1S/C24H22N2O2S2/c1-16-14-19(24-25-22-8-4-5-9-23(22)29-24)11-13-21(16)26-30(27,28)20-12-10-17-6-2-3-7-18(17)15-20/h4-5,8-15,26H,2-3,6-7H2,1H3. The molecule has 1 N–H and O–H groups in total. The summed E-state index contributed by atoms with van der Waals surface area (Å²) < 4.78 is 29.9. The number of thiazole rings is 1. The van der Waals surface area contributed by atoms with Gasteiger partial charge in [-0.25, -0.2) is 13.4 Å². The van der Waals surface area contributed by atoms with Crippen molar-refractivity contribution in [1.29, 1.82) is 0 Å². The minimum Gasteiger partial charge on any atom is -0.279 e. The van der Waals surface area contributed by atoms with Crippen LogP contribution in [0.2, 0.25) is 0 Å². The van der Waals surface area contributed by atoms with Crippen molar-refractivity contribution in [3.8, 4) is 10.6 Å². The predicted octanol–water partition coefficient (Wildman–Crippen LogP) is 5.95. The van der Waals surface area contributed by atoms with E-state index in [1.54, 1.807) is 17.4 Å². The number of hydrogen-bond acceptors (Lipinski definition) is 4. The minimum atomic E-state index is -3.63. The third-order valence-electron chi connectivity index (χ3n) is 5.64. The van der Waals surface area contributed by atoms with E-state index in [1.807, 2.05) is 55.5 Å². The molecule has 1 aliphatic carbocycles. The maximum Gasteiger partial charge on any atom is 0.261 e. The van der Waals surface area contributed by atoms with Crippen LogP contribution in [-0.4, -0.2) is 13.4 Å². The summed E-state index contributed by atoms with van der Waals surface area (Å²) in [5.41, 5.74) is 5.87. The van der Waals surface area contributed by atoms with Crippen LogP contribution in [0.3, 0.4) is 0 Å². The van der Waals surface area contributed by atoms with Gasteiger partial charge in [-0.05, 0) is 91.8 Å². The van der Waals surface area contributed by atoms with Gasteiger partial charge >= 0.3 is 0 Å². The van der Waals surface area contributed by atoms with Gasteiger partial charge in [0.05, 0.1) is 20.8 Å². The van der Waals surface area contributed by atoms with Crippen LogP contribution in [0.4, 0.5) is 5.69 Å². The predicted molar refractivity (Wildman–Crippen MR) is 124 cm³/mol. The second-order valence-corrected chi connectivity index (χ2v) is 10.5. The Morgan fingerprint density at radius 3 is 2.53 bits per heavy atom.